The Balaban J connectivity index is 1.66. The third-order valence-corrected chi connectivity index (χ3v) is 5.50. The van der Waals surface area contributed by atoms with Crippen molar-refractivity contribution in [1.82, 2.24) is 9.88 Å². The molecule has 3 aromatic rings. The zero-order valence-corrected chi connectivity index (χ0v) is 15.8. The van der Waals surface area contributed by atoms with Gasteiger partial charge in [-0.15, -0.1) is 11.3 Å². The van der Waals surface area contributed by atoms with Crippen LogP contribution in [0.15, 0.2) is 48.5 Å². The smallest absolute Gasteiger partial charge is 0.387 e. The maximum absolute atomic E-state index is 12.2. The van der Waals surface area contributed by atoms with Crippen LogP contribution in [-0.2, 0) is 0 Å². The molecular formula is C18H17F2N3OS2. The van der Waals surface area contributed by atoms with Gasteiger partial charge in [-0.25, -0.2) is 4.98 Å². The molecule has 2 aromatic carbocycles. The minimum atomic E-state index is -2.84. The molecule has 3 rings (SSSR count). The summed E-state index contributed by atoms with van der Waals surface area (Å²) >= 11 is 7.10. The number of ether oxygens (including phenoxy) is 1. The van der Waals surface area contributed by atoms with Crippen molar-refractivity contribution >= 4 is 44.6 Å². The minimum absolute atomic E-state index is 0.00570. The second-order valence-corrected chi connectivity index (χ2v) is 7.09. The number of thiocarbonyl (C=S) groups is 1. The Labute approximate surface area is 159 Å². The number of anilines is 1. The molecule has 1 aromatic heterocycles. The molecule has 0 saturated carbocycles. The van der Waals surface area contributed by atoms with Crippen molar-refractivity contribution in [2.75, 3.05) is 12.4 Å². The van der Waals surface area contributed by atoms with Crippen LogP contribution in [-0.4, -0.2) is 28.7 Å². The van der Waals surface area contributed by atoms with Crippen LogP contribution in [0.25, 0.3) is 10.2 Å². The van der Waals surface area contributed by atoms with Crippen molar-refractivity contribution in [3.05, 3.63) is 53.5 Å². The van der Waals surface area contributed by atoms with Crippen LogP contribution >= 0.6 is 23.6 Å². The van der Waals surface area contributed by atoms with E-state index in [0.717, 1.165) is 15.2 Å². The van der Waals surface area contributed by atoms with Crippen LogP contribution in [0.2, 0.25) is 0 Å². The van der Waals surface area contributed by atoms with E-state index in [4.69, 9.17) is 12.2 Å². The highest BCUT2D eigenvalue weighted by molar-refractivity contribution is 7.80. The second-order valence-electron chi connectivity index (χ2n) is 5.64. The quantitative estimate of drug-likeness (QED) is 0.597. The molecule has 1 atom stereocenters. The number of hydrogen-bond donors (Lipinski definition) is 1. The Bertz CT molecular complexity index is 866. The fourth-order valence-electron chi connectivity index (χ4n) is 2.34. The summed E-state index contributed by atoms with van der Waals surface area (Å²) in [6.07, 6.45) is 0. The van der Waals surface area contributed by atoms with Crippen molar-refractivity contribution in [3.63, 3.8) is 0 Å². The fraction of sp³-hybridized carbons (Fsp3) is 0.222. The first kappa shape index (κ1) is 18.5. The first-order chi connectivity index (χ1) is 12.4. The van der Waals surface area contributed by atoms with Crippen LogP contribution < -0.4 is 10.1 Å². The van der Waals surface area contributed by atoms with Crippen LogP contribution in [0.4, 0.5) is 14.5 Å². The zero-order chi connectivity index (χ0) is 18.7. The lowest BCUT2D eigenvalue weighted by atomic mass is 10.3. The maximum Gasteiger partial charge on any atom is 0.387 e. The van der Waals surface area contributed by atoms with E-state index < -0.39 is 6.61 Å². The monoisotopic (exact) mass is 393 g/mol. The highest BCUT2D eigenvalue weighted by atomic mass is 32.1. The Kier molecular flexibility index (Phi) is 5.63. The molecule has 0 aliphatic carbocycles. The van der Waals surface area contributed by atoms with Crippen molar-refractivity contribution in [2.45, 2.75) is 19.6 Å². The van der Waals surface area contributed by atoms with Crippen molar-refractivity contribution in [3.8, 4) is 5.75 Å². The maximum atomic E-state index is 12.2. The molecule has 0 saturated heterocycles. The third kappa shape index (κ3) is 4.25. The Morgan fingerprint density at radius 3 is 2.54 bits per heavy atom. The van der Waals surface area contributed by atoms with Crippen molar-refractivity contribution in [2.24, 2.45) is 0 Å². The molecule has 0 aliphatic heterocycles. The van der Waals surface area contributed by atoms with Gasteiger partial charge < -0.3 is 15.0 Å². The Morgan fingerprint density at radius 1 is 1.19 bits per heavy atom. The first-order valence-electron chi connectivity index (χ1n) is 7.88. The van der Waals surface area contributed by atoms with Crippen LogP contribution in [0.5, 0.6) is 5.75 Å². The van der Waals surface area contributed by atoms with Gasteiger partial charge in [-0.05, 0) is 55.5 Å². The van der Waals surface area contributed by atoms with E-state index in [9.17, 15) is 8.78 Å². The van der Waals surface area contributed by atoms with E-state index in [2.05, 4.69) is 15.0 Å². The fourth-order valence-corrected chi connectivity index (χ4v) is 3.68. The van der Waals surface area contributed by atoms with Crippen LogP contribution in [0.1, 0.15) is 18.0 Å². The number of halogens is 2. The summed E-state index contributed by atoms with van der Waals surface area (Å²) in [5, 5.41) is 4.58. The highest BCUT2D eigenvalue weighted by Crippen LogP contribution is 2.29. The van der Waals surface area contributed by atoms with Gasteiger partial charge in [0.25, 0.3) is 0 Å². The molecule has 0 spiro atoms. The lowest BCUT2D eigenvalue weighted by Crippen LogP contribution is -2.33. The normalized spacial score (nSPS) is 12.2. The van der Waals surface area contributed by atoms with Gasteiger partial charge in [-0.3, -0.25) is 0 Å². The molecule has 0 amide bonds. The number of nitrogens with one attached hydrogen (secondary N) is 1. The van der Waals surface area contributed by atoms with Gasteiger partial charge >= 0.3 is 6.61 Å². The number of alkyl halides is 2. The summed E-state index contributed by atoms with van der Waals surface area (Å²) < 4.78 is 29.9. The number of fused-ring (bicyclic) bond motifs is 1. The molecule has 0 aliphatic rings. The first-order valence-corrected chi connectivity index (χ1v) is 9.10. The predicted octanol–water partition coefficient (Wildman–Crippen LogP) is 5.29. The molecule has 8 heteroatoms. The molecule has 4 nitrogen and oxygen atoms in total. The highest BCUT2D eigenvalue weighted by Gasteiger charge is 2.18. The number of rotatable bonds is 5. The van der Waals surface area contributed by atoms with Gasteiger partial charge in [0, 0.05) is 12.7 Å². The standard InChI is InChI=1S/C18H17F2N3OS2/c1-11(16-22-14-5-3-4-6-15(14)26-16)23(2)18(25)21-12-7-9-13(10-8-12)24-17(19)20/h3-11,17H,1-2H3,(H,21,25)/t11-/m0/s1. The van der Waals surface area contributed by atoms with Crippen molar-refractivity contribution in [1.29, 1.82) is 0 Å². The molecule has 0 unspecified atom stereocenters. The molecule has 136 valence electrons. The van der Waals surface area contributed by atoms with Gasteiger partial charge in [0.05, 0.1) is 16.3 Å². The number of aromatic nitrogens is 1. The average molecular weight is 393 g/mol. The van der Waals surface area contributed by atoms with E-state index in [1.807, 2.05) is 43.1 Å². The summed E-state index contributed by atoms with van der Waals surface area (Å²) in [7, 11) is 1.89. The summed E-state index contributed by atoms with van der Waals surface area (Å²) in [5.41, 5.74) is 1.67. The van der Waals surface area contributed by atoms with E-state index in [1.165, 1.54) is 12.1 Å². The molecule has 0 bridgehead atoms. The SMILES string of the molecule is C[C@@H](c1nc2ccccc2s1)N(C)C(=S)Nc1ccc(OC(F)F)cc1. The van der Waals surface area contributed by atoms with Gasteiger partial charge in [0.15, 0.2) is 5.11 Å². The van der Waals surface area contributed by atoms with E-state index in [1.54, 1.807) is 23.5 Å². The molecule has 0 radical (unpaired) electrons. The molecule has 1 heterocycles. The summed E-state index contributed by atoms with van der Waals surface area (Å²) in [5.74, 6) is 0.104. The number of benzene rings is 2. The van der Waals surface area contributed by atoms with E-state index in [-0.39, 0.29) is 11.8 Å². The van der Waals surface area contributed by atoms with Gasteiger partial charge in [-0.1, -0.05) is 12.1 Å². The minimum Gasteiger partial charge on any atom is -0.435 e. The predicted molar refractivity (Wildman–Crippen MR) is 105 cm³/mol. The Morgan fingerprint density at radius 2 is 1.88 bits per heavy atom. The van der Waals surface area contributed by atoms with E-state index in [0.29, 0.717) is 10.8 Å². The molecular weight excluding hydrogens is 376 g/mol. The number of hydrogen-bond acceptors (Lipinski definition) is 4. The largest absolute Gasteiger partial charge is 0.435 e. The number of thiazole rings is 1. The van der Waals surface area contributed by atoms with Gasteiger partial charge in [0.2, 0.25) is 0 Å². The summed E-state index contributed by atoms with van der Waals surface area (Å²) in [4.78, 5) is 6.58. The second kappa shape index (κ2) is 7.92. The Hall–Kier alpha value is -2.32. The zero-order valence-electron chi connectivity index (χ0n) is 14.1. The van der Waals surface area contributed by atoms with Gasteiger partial charge in [-0.2, -0.15) is 8.78 Å². The van der Waals surface area contributed by atoms with Crippen LogP contribution in [0, 0.1) is 0 Å². The van der Waals surface area contributed by atoms with Crippen molar-refractivity contribution < 1.29 is 13.5 Å². The summed E-state index contributed by atoms with van der Waals surface area (Å²) in [6.45, 7) is -0.804. The van der Waals surface area contributed by atoms with Crippen LogP contribution in [0.3, 0.4) is 0 Å². The number of nitrogens with zero attached hydrogens (tertiary/aromatic N) is 2. The van der Waals surface area contributed by atoms with Gasteiger partial charge in [0.1, 0.15) is 10.8 Å². The molecule has 1 N–H and O–H groups in total. The third-order valence-electron chi connectivity index (χ3n) is 3.90. The molecule has 0 fully saturated rings. The lowest BCUT2D eigenvalue weighted by Gasteiger charge is -2.26. The number of para-hydroxylation sites is 1. The lowest BCUT2D eigenvalue weighted by molar-refractivity contribution is -0.0498. The summed E-state index contributed by atoms with van der Waals surface area (Å²) in [6, 6.07) is 14.2. The van der Waals surface area contributed by atoms with E-state index >= 15 is 0 Å². The average Bonchev–Trinajstić information content (AvgIpc) is 3.05. The topological polar surface area (TPSA) is 37.4 Å². The molecule has 26 heavy (non-hydrogen) atoms.